The standard InChI is InChI=1S/C24H34B3N5O4/c1-12-16(35-2)10-14(11-17(12)36-3)20-18(22(28)33)23-29-7-4-15(32(23)30-20)13-5-8-31(9-6-13)24(34)19(25)21(26)27/h10-11,13,15,29H,4-9,25-27H2,1-3H3,(H2,28,33). The molecule has 1 atom stereocenters. The van der Waals surface area contributed by atoms with Crippen LogP contribution in [0.1, 0.15) is 41.2 Å². The quantitative estimate of drug-likeness (QED) is 0.424. The first-order valence-corrected chi connectivity index (χ1v) is 12.5. The number of ether oxygens (including phenoxy) is 2. The molecule has 12 heteroatoms. The largest absolute Gasteiger partial charge is 0.496 e. The van der Waals surface area contributed by atoms with Crippen LogP contribution in [0.15, 0.2) is 23.0 Å². The summed E-state index contributed by atoms with van der Waals surface area (Å²) in [5.74, 6) is 1.90. The molecule has 0 radical (unpaired) electrons. The highest BCUT2D eigenvalue weighted by atomic mass is 16.5. The van der Waals surface area contributed by atoms with Crippen LogP contribution in [0.2, 0.25) is 0 Å². The molecule has 3 heterocycles. The van der Waals surface area contributed by atoms with E-state index in [1.807, 2.05) is 52.2 Å². The topological polar surface area (TPSA) is 112 Å². The van der Waals surface area contributed by atoms with Crippen molar-refractivity contribution in [2.45, 2.75) is 32.2 Å². The number of nitrogens with one attached hydrogen (secondary N) is 1. The van der Waals surface area contributed by atoms with E-state index in [1.165, 1.54) is 0 Å². The predicted molar refractivity (Wildman–Crippen MR) is 148 cm³/mol. The second kappa shape index (κ2) is 10.4. The minimum atomic E-state index is -0.532. The van der Waals surface area contributed by atoms with E-state index in [9.17, 15) is 9.59 Å². The highest BCUT2D eigenvalue weighted by Crippen LogP contribution is 2.42. The van der Waals surface area contributed by atoms with Crippen molar-refractivity contribution in [2.75, 3.05) is 39.2 Å². The van der Waals surface area contributed by atoms with Gasteiger partial charge in [-0.1, -0.05) is 0 Å². The summed E-state index contributed by atoms with van der Waals surface area (Å²) in [4.78, 5) is 27.4. The molecule has 0 bridgehead atoms. The summed E-state index contributed by atoms with van der Waals surface area (Å²) >= 11 is 0. The third-order valence-corrected chi connectivity index (χ3v) is 7.67. The number of hydrogen-bond donors (Lipinski definition) is 2. The molecular formula is C24H34B3N5O4. The van der Waals surface area contributed by atoms with E-state index in [4.69, 9.17) is 20.3 Å². The van der Waals surface area contributed by atoms with Gasteiger partial charge in [0, 0.05) is 30.8 Å². The lowest BCUT2D eigenvalue weighted by Crippen LogP contribution is -2.42. The Morgan fingerprint density at radius 3 is 2.22 bits per heavy atom. The van der Waals surface area contributed by atoms with E-state index < -0.39 is 5.91 Å². The van der Waals surface area contributed by atoms with Crippen LogP contribution in [0.5, 0.6) is 11.5 Å². The Morgan fingerprint density at radius 2 is 1.69 bits per heavy atom. The van der Waals surface area contributed by atoms with E-state index in [0.29, 0.717) is 40.1 Å². The molecule has 1 fully saturated rings. The number of nitrogens with two attached hydrogens (primary N) is 1. The van der Waals surface area contributed by atoms with Gasteiger partial charge in [0.1, 0.15) is 52.1 Å². The fraction of sp³-hybridized carbons (Fsp3) is 0.458. The molecule has 1 aromatic carbocycles. The van der Waals surface area contributed by atoms with Gasteiger partial charge in [0.15, 0.2) is 0 Å². The van der Waals surface area contributed by atoms with Gasteiger partial charge in [0.25, 0.3) is 5.91 Å². The van der Waals surface area contributed by atoms with Crippen LogP contribution in [0.4, 0.5) is 5.82 Å². The maximum Gasteiger partial charge on any atom is 0.254 e. The normalized spacial score (nSPS) is 17.6. The van der Waals surface area contributed by atoms with Crippen molar-refractivity contribution in [3.63, 3.8) is 0 Å². The second-order valence-corrected chi connectivity index (χ2v) is 9.92. The Kier molecular flexibility index (Phi) is 7.42. The Morgan fingerprint density at radius 1 is 1.08 bits per heavy atom. The number of piperidine rings is 1. The lowest BCUT2D eigenvalue weighted by atomic mass is 9.69. The van der Waals surface area contributed by atoms with Crippen molar-refractivity contribution in [3.05, 3.63) is 34.1 Å². The number of rotatable bonds is 6. The highest BCUT2D eigenvalue weighted by Gasteiger charge is 2.36. The second-order valence-electron chi connectivity index (χ2n) is 9.92. The Labute approximate surface area is 215 Å². The molecule has 0 saturated carbocycles. The van der Waals surface area contributed by atoms with Gasteiger partial charge < -0.3 is 25.4 Å². The monoisotopic (exact) mass is 489 g/mol. The summed E-state index contributed by atoms with van der Waals surface area (Å²) in [5, 5.41) is 9.35. The van der Waals surface area contributed by atoms with Crippen LogP contribution in [0.25, 0.3) is 11.3 Å². The van der Waals surface area contributed by atoms with Crippen molar-refractivity contribution < 1.29 is 19.1 Å². The average molecular weight is 489 g/mol. The summed E-state index contributed by atoms with van der Waals surface area (Å²) in [6.07, 6.45) is 2.66. The number of primary amides is 1. The molecule has 1 saturated heterocycles. The highest BCUT2D eigenvalue weighted by molar-refractivity contribution is 6.55. The molecule has 0 spiro atoms. The minimum Gasteiger partial charge on any atom is -0.496 e. The smallest absolute Gasteiger partial charge is 0.254 e. The van der Waals surface area contributed by atoms with Gasteiger partial charge in [-0.2, -0.15) is 5.10 Å². The number of hydrogen-bond acceptors (Lipinski definition) is 6. The van der Waals surface area contributed by atoms with Crippen molar-refractivity contribution in [1.29, 1.82) is 0 Å². The zero-order valence-corrected chi connectivity index (χ0v) is 22.1. The van der Waals surface area contributed by atoms with Gasteiger partial charge in [-0.25, -0.2) is 4.68 Å². The zero-order valence-electron chi connectivity index (χ0n) is 22.1. The molecule has 2 aromatic rings. The summed E-state index contributed by atoms with van der Waals surface area (Å²) in [6.45, 7) is 4.09. The lowest BCUT2D eigenvalue weighted by Gasteiger charge is -2.38. The van der Waals surface area contributed by atoms with Crippen molar-refractivity contribution >= 4 is 41.2 Å². The van der Waals surface area contributed by atoms with Crippen LogP contribution in [-0.2, 0) is 4.79 Å². The van der Waals surface area contributed by atoms with Crippen molar-refractivity contribution in [3.8, 4) is 22.8 Å². The van der Waals surface area contributed by atoms with E-state index in [0.717, 1.165) is 55.3 Å². The molecule has 3 N–H and O–H groups in total. The van der Waals surface area contributed by atoms with Crippen molar-refractivity contribution in [1.82, 2.24) is 14.7 Å². The summed E-state index contributed by atoms with van der Waals surface area (Å²) < 4.78 is 13.0. The number of aromatic nitrogens is 2. The zero-order chi connectivity index (χ0) is 26.1. The number of carbonyl (C=O) groups is 2. The summed E-state index contributed by atoms with van der Waals surface area (Å²) in [7, 11) is 9.05. The maximum atomic E-state index is 12.8. The average Bonchev–Trinajstić information content (AvgIpc) is 3.28. The molecule has 0 aliphatic carbocycles. The SMILES string of the molecule is BC(B)=C(B)C(=O)N1CCC(C2CCNc3c(C(N)=O)c(-c4cc(OC)c(C)c(OC)c4)nn32)CC1. The third kappa shape index (κ3) is 4.60. The van der Waals surface area contributed by atoms with Gasteiger partial charge >= 0.3 is 0 Å². The molecule has 36 heavy (non-hydrogen) atoms. The molecular weight excluding hydrogens is 455 g/mol. The number of methoxy groups -OCH3 is 2. The molecule has 4 rings (SSSR count). The number of nitrogens with zero attached hydrogens (tertiary/aromatic N) is 3. The molecule has 1 aromatic heterocycles. The first kappa shape index (κ1) is 25.8. The lowest BCUT2D eigenvalue weighted by molar-refractivity contribution is -0.128. The first-order chi connectivity index (χ1) is 17.2. The van der Waals surface area contributed by atoms with Crippen molar-refractivity contribution in [2.24, 2.45) is 11.7 Å². The number of amides is 2. The Balaban J connectivity index is 1.67. The van der Waals surface area contributed by atoms with Crippen LogP contribution in [-0.4, -0.2) is 83.9 Å². The Hall–Kier alpha value is -3.30. The molecule has 2 aliphatic rings. The minimum absolute atomic E-state index is 0.115. The first-order valence-electron chi connectivity index (χ1n) is 12.5. The Bertz CT molecular complexity index is 1190. The molecule has 1 unspecified atom stereocenters. The van der Waals surface area contributed by atoms with E-state index in [1.54, 1.807) is 14.2 Å². The molecule has 188 valence electrons. The van der Waals surface area contributed by atoms with Gasteiger partial charge in [-0.05, 0) is 49.7 Å². The number of fused-ring (bicyclic) bond motifs is 1. The van der Waals surface area contributed by atoms with Gasteiger partial charge in [-0.3, -0.25) is 9.59 Å². The van der Waals surface area contributed by atoms with Crippen LogP contribution >= 0.6 is 0 Å². The predicted octanol–water partition coefficient (Wildman–Crippen LogP) is -0.362. The van der Waals surface area contributed by atoms with Gasteiger partial charge in [-0.15, -0.1) is 5.37 Å². The van der Waals surface area contributed by atoms with Crippen LogP contribution in [0.3, 0.4) is 0 Å². The van der Waals surface area contributed by atoms with Gasteiger partial charge in [0.2, 0.25) is 5.91 Å². The number of benzene rings is 1. The molecule has 2 aliphatic heterocycles. The summed E-state index contributed by atoms with van der Waals surface area (Å²) in [6, 6.07) is 3.84. The van der Waals surface area contributed by atoms with E-state index >= 15 is 0 Å². The van der Waals surface area contributed by atoms with Crippen LogP contribution in [0, 0.1) is 12.8 Å². The van der Waals surface area contributed by atoms with Gasteiger partial charge in [0.05, 0.1) is 20.3 Å². The fourth-order valence-corrected chi connectivity index (χ4v) is 5.34. The third-order valence-electron chi connectivity index (χ3n) is 7.67. The molecule has 9 nitrogen and oxygen atoms in total. The molecule has 2 amide bonds. The maximum absolute atomic E-state index is 12.8. The van der Waals surface area contributed by atoms with E-state index in [-0.39, 0.29) is 11.9 Å². The number of carbonyl (C=O) groups excluding carboxylic acids is 2. The number of anilines is 1. The fourth-order valence-electron chi connectivity index (χ4n) is 5.34. The number of likely N-dealkylation sites (tertiary alicyclic amines) is 1. The van der Waals surface area contributed by atoms with E-state index in [2.05, 4.69) is 5.32 Å². The summed E-state index contributed by atoms with van der Waals surface area (Å²) in [5.41, 5.74) is 9.17. The van der Waals surface area contributed by atoms with Crippen LogP contribution < -0.4 is 20.5 Å².